The van der Waals surface area contributed by atoms with Crippen molar-refractivity contribution in [1.29, 1.82) is 0 Å². The van der Waals surface area contributed by atoms with Crippen LogP contribution in [0, 0.1) is 13.8 Å². The summed E-state index contributed by atoms with van der Waals surface area (Å²) in [6.45, 7) is 5.67. The zero-order valence-electron chi connectivity index (χ0n) is 14.9. The van der Waals surface area contributed by atoms with Gasteiger partial charge in [-0.25, -0.2) is 0 Å². The van der Waals surface area contributed by atoms with Crippen molar-refractivity contribution >= 4 is 23.0 Å². The third-order valence-corrected chi connectivity index (χ3v) is 5.14. The Hall–Kier alpha value is -1.98. The minimum atomic E-state index is -0.663. The second-order valence-corrected chi connectivity index (χ2v) is 7.82. The van der Waals surface area contributed by atoms with Crippen LogP contribution < -0.4 is 5.32 Å². The topological polar surface area (TPSA) is 66.4 Å². The van der Waals surface area contributed by atoms with Crippen LogP contribution in [-0.4, -0.2) is 28.9 Å². The highest BCUT2D eigenvalue weighted by atomic mass is 32.1. The number of thiophene rings is 1. The predicted octanol–water partition coefficient (Wildman–Crippen LogP) is 3.44. The number of aryl methyl sites for hydroxylation is 2. The minimum Gasteiger partial charge on any atom is -0.391 e. The van der Waals surface area contributed by atoms with E-state index >= 15 is 0 Å². The first-order valence-electron chi connectivity index (χ1n) is 8.48. The fraction of sp³-hybridized carbons (Fsp3) is 0.400. The average molecular weight is 359 g/mol. The molecule has 0 aliphatic rings. The monoisotopic (exact) mass is 359 g/mol. The highest BCUT2D eigenvalue weighted by Gasteiger charge is 2.18. The van der Waals surface area contributed by atoms with E-state index in [2.05, 4.69) is 5.32 Å². The number of hydrogen-bond donors (Lipinski definition) is 2. The van der Waals surface area contributed by atoms with Gasteiger partial charge in [-0.2, -0.15) is 0 Å². The molecule has 2 rings (SSSR count). The lowest BCUT2D eigenvalue weighted by molar-refractivity contribution is -0.122. The Morgan fingerprint density at radius 1 is 1.16 bits per heavy atom. The molecule has 0 fully saturated rings. The second-order valence-electron chi connectivity index (χ2n) is 6.36. The molecule has 1 amide bonds. The fourth-order valence-corrected chi connectivity index (χ4v) is 3.67. The van der Waals surface area contributed by atoms with Crippen LogP contribution in [-0.2, 0) is 11.2 Å². The van der Waals surface area contributed by atoms with Gasteiger partial charge in [0.2, 0.25) is 5.91 Å². The zero-order valence-corrected chi connectivity index (χ0v) is 15.7. The summed E-state index contributed by atoms with van der Waals surface area (Å²) in [5, 5.41) is 13.0. The molecule has 134 valence electrons. The predicted molar refractivity (Wildman–Crippen MR) is 101 cm³/mol. The molecule has 5 heteroatoms. The van der Waals surface area contributed by atoms with Crippen molar-refractivity contribution in [3.05, 3.63) is 57.3 Å². The molecule has 0 aliphatic carbocycles. The Balaban J connectivity index is 1.79. The summed E-state index contributed by atoms with van der Waals surface area (Å²) in [7, 11) is 0. The van der Waals surface area contributed by atoms with Crippen molar-refractivity contribution in [1.82, 2.24) is 5.32 Å². The van der Waals surface area contributed by atoms with Gasteiger partial charge in [-0.1, -0.05) is 30.3 Å². The van der Waals surface area contributed by atoms with Crippen LogP contribution in [0.1, 0.15) is 45.4 Å². The third kappa shape index (κ3) is 5.80. The first kappa shape index (κ1) is 19.3. The number of hydrogen-bond acceptors (Lipinski definition) is 4. The minimum absolute atomic E-state index is 0.00510. The number of ketones is 1. The lowest BCUT2D eigenvalue weighted by Gasteiger charge is -2.20. The number of benzene rings is 1. The van der Waals surface area contributed by atoms with Crippen LogP contribution in [0.3, 0.4) is 0 Å². The van der Waals surface area contributed by atoms with E-state index in [1.165, 1.54) is 0 Å². The summed E-state index contributed by atoms with van der Waals surface area (Å²) in [5.74, 6) is -0.216. The number of nitrogens with one attached hydrogen (secondary N) is 1. The fourth-order valence-electron chi connectivity index (χ4n) is 2.72. The molecule has 2 atom stereocenters. The van der Waals surface area contributed by atoms with Crippen LogP contribution in [0.15, 0.2) is 36.4 Å². The van der Waals surface area contributed by atoms with E-state index in [9.17, 15) is 14.7 Å². The maximum absolute atomic E-state index is 12.2. The lowest BCUT2D eigenvalue weighted by atomic mass is 10.0. The standard InChI is InChI=1S/C20H25NO3S/c1-13-11-17(15(3)25-13)18(22)9-10-20(24)21-14(2)19(23)12-16-7-5-4-6-8-16/h4-8,11,14,19,23H,9-10,12H2,1-3H3,(H,21,24). The molecule has 0 saturated carbocycles. The van der Waals surface area contributed by atoms with Gasteiger partial charge >= 0.3 is 0 Å². The van der Waals surface area contributed by atoms with E-state index in [0.717, 1.165) is 15.3 Å². The molecule has 0 spiro atoms. The van der Waals surface area contributed by atoms with Crippen molar-refractivity contribution < 1.29 is 14.7 Å². The number of rotatable bonds is 8. The van der Waals surface area contributed by atoms with Crippen molar-refractivity contribution in [2.75, 3.05) is 0 Å². The molecule has 2 N–H and O–H groups in total. The maximum Gasteiger partial charge on any atom is 0.220 e. The molecular formula is C20H25NO3S. The quantitative estimate of drug-likeness (QED) is 0.710. The van der Waals surface area contributed by atoms with E-state index in [1.807, 2.05) is 50.2 Å². The summed E-state index contributed by atoms with van der Waals surface area (Å²) < 4.78 is 0. The van der Waals surface area contributed by atoms with Crippen molar-refractivity contribution in [3.8, 4) is 0 Å². The number of carbonyl (C=O) groups excluding carboxylic acids is 2. The number of aliphatic hydroxyl groups is 1. The van der Waals surface area contributed by atoms with Crippen molar-refractivity contribution in [2.24, 2.45) is 0 Å². The first-order chi connectivity index (χ1) is 11.9. The molecule has 1 aromatic carbocycles. The zero-order chi connectivity index (χ0) is 18.4. The lowest BCUT2D eigenvalue weighted by Crippen LogP contribution is -2.42. The molecule has 0 saturated heterocycles. The second kappa shape index (κ2) is 8.92. The van der Waals surface area contributed by atoms with Crippen LogP contribution >= 0.6 is 11.3 Å². The number of carbonyl (C=O) groups is 2. The van der Waals surface area contributed by atoms with Crippen LogP contribution in [0.5, 0.6) is 0 Å². The molecule has 2 unspecified atom stereocenters. The van der Waals surface area contributed by atoms with Crippen LogP contribution in [0.25, 0.3) is 0 Å². The maximum atomic E-state index is 12.2. The molecule has 25 heavy (non-hydrogen) atoms. The molecule has 4 nitrogen and oxygen atoms in total. The smallest absolute Gasteiger partial charge is 0.220 e. The molecular weight excluding hydrogens is 334 g/mol. The van der Waals surface area contributed by atoms with E-state index in [-0.39, 0.29) is 30.6 Å². The van der Waals surface area contributed by atoms with Gasteiger partial charge in [0.25, 0.3) is 0 Å². The summed E-state index contributed by atoms with van der Waals surface area (Å²) in [6.07, 6.45) is 0.137. The van der Waals surface area contributed by atoms with Gasteiger partial charge in [-0.3, -0.25) is 9.59 Å². The Bertz CT molecular complexity index is 724. The molecule has 1 aromatic heterocycles. The Morgan fingerprint density at radius 2 is 1.84 bits per heavy atom. The SMILES string of the molecule is Cc1cc(C(=O)CCC(=O)NC(C)C(O)Cc2ccccc2)c(C)s1. The van der Waals surface area contributed by atoms with Gasteiger partial charge in [0, 0.05) is 34.6 Å². The Kier molecular flexibility index (Phi) is 6.91. The van der Waals surface area contributed by atoms with E-state index < -0.39 is 6.10 Å². The van der Waals surface area contributed by atoms with Gasteiger partial charge < -0.3 is 10.4 Å². The highest BCUT2D eigenvalue weighted by molar-refractivity contribution is 7.12. The summed E-state index contributed by atoms with van der Waals surface area (Å²) in [5.41, 5.74) is 1.74. The Labute approximate surface area is 152 Å². The van der Waals surface area contributed by atoms with E-state index in [4.69, 9.17) is 0 Å². The number of amides is 1. The molecule has 0 radical (unpaired) electrons. The van der Waals surface area contributed by atoms with Gasteiger partial charge in [-0.05, 0) is 32.4 Å². The summed E-state index contributed by atoms with van der Waals surface area (Å²) in [4.78, 5) is 26.4. The normalized spacial score (nSPS) is 13.3. The van der Waals surface area contributed by atoms with Gasteiger partial charge in [-0.15, -0.1) is 11.3 Å². The van der Waals surface area contributed by atoms with Gasteiger partial charge in [0.05, 0.1) is 12.1 Å². The average Bonchev–Trinajstić information content (AvgIpc) is 2.92. The number of Topliss-reactive ketones (excluding diaryl/α,β-unsaturated/α-hetero) is 1. The first-order valence-corrected chi connectivity index (χ1v) is 9.30. The molecule has 1 heterocycles. The Morgan fingerprint density at radius 3 is 2.44 bits per heavy atom. The summed E-state index contributed by atoms with van der Waals surface area (Å²) in [6, 6.07) is 11.2. The van der Waals surface area contributed by atoms with Crippen molar-refractivity contribution in [2.45, 2.75) is 52.2 Å². The van der Waals surface area contributed by atoms with Gasteiger partial charge in [0.15, 0.2) is 5.78 Å². The molecule has 0 bridgehead atoms. The van der Waals surface area contributed by atoms with Crippen molar-refractivity contribution in [3.63, 3.8) is 0 Å². The largest absolute Gasteiger partial charge is 0.391 e. The van der Waals surface area contributed by atoms with Gasteiger partial charge in [0.1, 0.15) is 0 Å². The highest BCUT2D eigenvalue weighted by Crippen LogP contribution is 2.22. The van der Waals surface area contributed by atoms with E-state index in [0.29, 0.717) is 12.0 Å². The van der Waals surface area contributed by atoms with Crippen LogP contribution in [0.2, 0.25) is 0 Å². The summed E-state index contributed by atoms with van der Waals surface area (Å²) >= 11 is 1.59. The number of aliphatic hydroxyl groups excluding tert-OH is 1. The van der Waals surface area contributed by atoms with Crippen LogP contribution in [0.4, 0.5) is 0 Å². The van der Waals surface area contributed by atoms with E-state index in [1.54, 1.807) is 18.3 Å². The molecule has 0 aliphatic heterocycles. The molecule has 2 aromatic rings. The third-order valence-electron chi connectivity index (χ3n) is 4.17.